The van der Waals surface area contributed by atoms with E-state index < -0.39 is 0 Å². The van der Waals surface area contributed by atoms with E-state index in [1.54, 1.807) is 11.3 Å². The molecule has 46 heavy (non-hydrogen) atoms. The molecule has 0 fully saturated rings. The number of aromatic nitrogens is 8. The van der Waals surface area contributed by atoms with E-state index in [-0.39, 0.29) is 6.23 Å². The van der Waals surface area contributed by atoms with Gasteiger partial charge in [-0.15, -0.1) is 11.3 Å². The maximum absolute atomic E-state index is 6.76. The van der Waals surface area contributed by atoms with Crippen LogP contribution in [0.15, 0.2) is 110 Å². The number of hydrogen-bond acceptors (Lipinski definition) is 5. The fourth-order valence-corrected chi connectivity index (χ4v) is 6.93. The van der Waals surface area contributed by atoms with E-state index in [2.05, 4.69) is 97.5 Å². The predicted octanol–water partition coefficient (Wildman–Crippen LogP) is 8.55. The van der Waals surface area contributed by atoms with E-state index in [9.17, 15) is 0 Å². The monoisotopic (exact) mass is 620 g/mol. The van der Waals surface area contributed by atoms with E-state index in [1.165, 1.54) is 4.88 Å². The van der Waals surface area contributed by atoms with Crippen LogP contribution in [0.5, 0.6) is 5.75 Å². The van der Waals surface area contributed by atoms with Crippen LogP contribution in [0.4, 0.5) is 0 Å². The molecule has 9 rings (SSSR count). The summed E-state index contributed by atoms with van der Waals surface area (Å²) in [5, 5.41) is 5.12. The number of rotatable bonds is 7. The van der Waals surface area contributed by atoms with Gasteiger partial charge in [0.1, 0.15) is 5.75 Å². The molecule has 0 bridgehead atoms. The highest BCUT2D eigenvalue weighted by atomic mass is 32.1. The van der Waals surface area contributed by atoms with Gasteiger partial charge in [-0.25, -0.2) is 14.6 Å². The van der Waals surface area contributed by atoms with Gasteiger partial charge in [0.2, 0.25) is 6.23 Å². The van der Waals surface area contributed by atoms with Crippen molar-refractivity contribution < 1.29 is 4.74 Å². The van der Waals surface area contributed by atoms with E-state index in [0.717, 1.165) is 85.1 Å². The molecule has 4 N–H and O–H groups in total. The third kappa shape index (κ3) is 4.50. The fraction of sp³-hybridized carbons (Fsp3) is 0.0833. The Morgan fingerprint density at radius 1 is 0.739 bits per heavy atom. The molecular weight excluding hydrogens is 593 g/mol. The first-order chi connectivity index (χ1) is 22.7. The molecule has 1 atom stereocenters. The topological polar surface area (TPSA) is 116 Å². The number of aromatic amines is 4. The molecular formula is C36H28N8OS. The molecule has 10 heteroatoms. The van der Waals surface area contributed by atoms with Gasteiger partial charge in [-0.2, -0.15) is 5.10 Å². The van der Waals surface area contributed by atoms with Crippen molar-refractivity contribution in [2.24, 2.45) is 0 Å². The Bertz CT molecular complexity index is 2280. The van der Waals surface area contributed by atoms with Crippen LogP contribution in [0.2, 0.25) is 0 Å². The molecule has 0 aliphatic carbocycles. The number of nitrogens with one attached hydrogen (secondary N) is 4. The first kappa shape index (κ1) is 26.5. The summed E-state index contributed by atoms with van der Waals surface area (Å²) >= 11 is 1.77. The van der Waals surface area contributed by atoms with Crippen molar-refractivity contribution in [3.05, 3.63) is 119 Å². The van der Waals surface area contributed by atoms with Crippen molar-refractivity contribution in [1.29, 1.82) is 0 Å². The van der Waals surface area contributed by atoms with Crippen molar-refractivity contribution in [3.8, 4) is 73.8 Å². The average Bonchev–Trinajstić information content (AvgIpc) is 3.95. The largest absolute Gasteiger partial charge is 0.463 e. The number of fused-ring (bicyclic) bond motifs is 3. The highest BCUT2D eigenvalue weighted by molar-refractivity contribution is 7.12. The number of benzene rings is 2. The lowest BCUT2D eigenvalue weighted by atomic mass is 10.0. The molecule has 0 amide bonds. The van der Waals surface area contributed by atoms with E-state index >= 15 is 0 Å². The second kappa shape index (κ2) is 10.6. The zero-order valence-corrected chi connectivity index (χ0v) is 25.6. The Labute approximate surface area is 268 Å². The SMILES string of the molecule is CCc1ccc([C@@H]2Oc3cc(-c4cnc(-c5ccc[nH]5)[nH]4)ccc3-c3cc(-c4ccc(-c5cnc(-c6ccc[nH]6)[nH]5)cc4)nn32)s1. The molecule has 0 saturated heterocycles. The lowest BCUT2D eigenvalue weighted by molar-refractivity contribution is 0.157. The number of H-pyrrole nitrogens is 4. The van der Waals surface area contributed by atoms with Crippen molar-refractivity contribution in [2.45, 2.75) is 19.6 Å². The van der Waals surface area contributed by atoms with Gasteiger partial charge in [0, 0.05) is 34.0 Å². The minimum atomic E-state index is -0.372. The smallest absolute Gasteiger partial charge is 0.227 e. The van der Waals surface area contributed by atoms with Crippen LogP contribution >= 0.6 is 11.3 Å². The standard InChI is InChI=1S/C36H28N8OS/c1-2-24-12-14-33(46-24)36-44-31(25-13-11-23(17-32(25)45-36)30-20-40-35(42-30)27-6-4-16-38-27)18-28(43-44)21-7-9-22(10-8-21)29-19-39-34(41-29)26-5-3-15-37-26/h3-20,36-38H,2H2,1H3,(H,39,41)(H,40,42)/t36-/m0/s1. The molecule has 9 nitrogen and oxygen atoms in total. The lowest BCUT2D eigenvalue weighted by Gasteiger charge is -2.27. The second-order valence-electron chi connectivity index (χ2n) is 11.2. The van der Waals surface area contributed by atoms with Crippen molar-refractivity contribution in [3.63, 3.8) is 0 Å². The number of imidazole rings is 2. The van der Waals surface area contributed by atoms with Crippen LogP contribution in [-0.4, -0.2) is 39.7 Å². The summed E-state index contributed by atoms with van der Waals surface area (Å²) in [5.74, 6) is 2.42. The molecule has 0 saturated carbocycles. The fourth-order valence-electron chi connectivity index (χ4n) is 5.97. The summed E-state index contributed by atoms with van der Waals surface area (Å²) in [7, 11) is 0. The van der Waals surface area contributed by atoms with Crippen LogP contribution in [0.1, 0.15) is 22.9 Å². The molecule has 7 heterocycles. The summed E-state index contributed by atoms with van der Waals surface area (Å²) in [6, 6.07) is 29.2. The predicted molar refractivity (Wildman–Crippen MR) is 180 cm³/mol. The maximum atomic E-state index is 6.76. The van der Waals surface area contributed by atoms with Gasteiger partial charge in [-0.3, -0.25) is 0 Å². The van der Waals surface area contributed by atoms with Gasteiger partial charge in [-0.1, -0.05) is 37.3 Å². The summed E-state index contributed by atoms with van der Waals surface area (Å²) in [5.41, 5.74) is 9.78. The van der Waals surface area contributed by atoms with Gasteiger partial charge in [0.15, 0.2) is 11.6 Å². The summed E-state index contributed by atoms with van der Waals surface area (Å²) in [4.78, 5) is 24.8. The highest BCUT2D eigenvalue weighted by Crippen LogP contribution is 2.45. The van der Waals surface area contributed by atoms with Crippen molar-refractivity contribution >= 4 is 11.3 Å². The van der Waals surface area contributed by atoms with Crippen LogP contribution in [-0.2, 0) is 6.42 Å². The molecule has 1 aliphatic rings. The zero-order valence-electron chi connectivity index (χ0n) is 24.8. The summed E-state index contributed by atoms with van der Waals surface area (Å²) in [6.07, 6.45) is 8.12. The normalized spacial score (nSPS) is 13.8. The minimum Gasteiger partial charge on any atom is -0.463 e. The van der Waals surface area contributed by atoms with Crippen LogP contribution in [0.25, 0.3) is 68.1 Å². The Balaban J connectivity index is 1.08. The average molecular weight is 621 g/mol. The molecule has 0 radical (unpaired) electrons. The molecule has 224 valence electrons. The van der Waals surface area contributed by atoms with Crippen molar-refractivity contribution in [1.82, 2.24) is 39.7 Å². The molecule has 0 spiro atoms. The quantitative estimate of drug-likeness (QED) is 0.143. The Morgan fingerprint density at radius 3 is 2.07 bits per heavy atom. The van der Waals surface area contributed by atoms with E-state index in [0.29, 0.717) is 0 Å². The van der Waals surface area contributed by atoms with Gasteiger partial charge in [0.25, 0.3) is 0 Å². The van der Waals surface area contributed by atoms with Crippen LogP contribution in [0, 0.1) is 0 Å². The van der Waals surface area contributed by atoms with Crippen LogP contribution < -0.4 is 4.74 Å². The van der Waals surface area contributed by atoms with E-state index in [4.69, 9.17) is 9.84 Å². The number of aryl methyl sites for hydroxylation is 1. The molecule has 0 unspecified atom stereocenters. The summed E-state index contributed by atoms with van der Waals surface area (Å²) < 4.78 is 8.78. The van der Waals surface area contributed by atoms with E-state index in [1.807, 2.05) is 53.7 Å². The Hall–Kier alpha value is -5.87. The summed E-state index contributed by atoms with van der Waals surface area (Å²) in [6.45, 7) is 2.18. The van der Waals surface area contributed by atoms with Gasteiger partial charge in [-0.05, 0) is 66.6 Å². The lowest BCUT2D eigenvalue weighted by Crippen LogP contribution is -2.22. The molecule has 6 aromatic heterocycles. The second-order valence-corrected chi connectivity index (χ2v) is 12.4. The molecule has 1 aliphatic heterocycles. The number of ether oxygens (including phenoxy) is 1. The Kier molecular flexibility index (Phi) is 6.13. The molecule has 8 aromatic rings. The first-order valence-corrected chi connectivity index (χ1v) is 16.0. The number of thiophene rings is 1. The minimum absolute atomic E-state index is 0.372. The number of hydrogen-bond donors (Lipinski definition) is 4. The highest BCUT2D eigenvalue weighted by Gasteiger charge is 2.30. The van der Waals surface area contributed by atoms with Gasteiger partial charge in [0.05, 0.1) is 51.4 Å². The third-order valence-corrected chi connectivity index (χ3v) is 9.65. The van der Waals surface area contributed by atoms with Gasteiger partial charge >= 0.3 is 0 Å². The maximum Gasteiger partial charge on any atom is 0.227 e. The first-order valence-electron chi connectivity index (χ1n) is 15.2. The van der Waals surface area contributed by atoms with Crippen molar-refractivity contribution in [2.75, 3.05) is 0 Å². The van der Waals surface area contributed by atoms with Gasteiger partial charge < -0.3 is 24.7 Å². The third-order valence-electron chi connectivity index (χ3n) is 8.39. The Morgan fingerprint density at radius 2 is 1.41 bits per heavy atom. The number of nitrogens with zero attached hydrogens (tertiary/aromatic N) is 4. The zero-order chi connectivity index (χ0) is 30.6. The molecule has 2 aromatic carbocycles. The van der Waals surface area contributed by atoms with Crippen LogP contribution in [0.3, 0.4) is 0 Å².